The lowest BCUT2D eigenvalue weighted by Crippen LogP contribution is -2.34. The van der Waals surface area contributed by atoms with Crippen LogP contribution in [0.15, 0.2) is 12.1 Å². The summed E-state index contributed by atoms with van der Waals surface area (Å²) in [6.07, 6.45) is 1.98. The first kappa shape index (κ1) is 13.7. The van der Waals surface area contributed by atoms with Gasteiger partial charge in [-0.25, -0.2) is 4.39 Å². The Hall–Kier alpha value is -1.29. The van der Waals surface area contributed by atoms with Crippen LogP contribution in [-0.4, -0.2) is 19.8 Å². The van der Waals surface area contributed by atoms with E-state index in [9.17, 15) is 4.39 Å². The fourth-order valence-electron chi connectivity index (χ4n) is 3.16. The average molecular weight is 279 g/mol. The number of ether oxygens (including phenoxy) is 2. The summed E-state index contributed by atoms with van der Waals surface area (Å²) in [5.41, 5.74) is 1.56. The number of hydrogen-bond acceptors (Lipinski definition) is 3. The van der Waals surface area contributed by atoms with Crippen molar-refractivity contribution in [3.8, 4) is 11.5 Å². The normalized spacial score (nSPS) is 27.1. The molecule has 0 amide bonds. The molecule has 4 heteroatoms. The minimum absolute atomic E-state index is 0.166. The Kier molecular flexibility index (Phi) is 3.59. The molecule has 2 heterocycles. The van der Waals surface area contributed by atoms with E-state index in [1.807, 2.05) is 12.1 Å². The summed E-state index contributed by atoms with van der Waals surface area (Å²) in [5.74, 6) is 1.42. The molecule has 0 saturated carbocycles. The zero-order valence-electron chi connectivity index (χ0n) is 12.2. The minimum Gasteiger partial charge on any atom is -0.490 e. The van der Waals surface area contributed by atoms with Gasteiger partial charge in [-0.2, -0.15) is 0 Å². The van der Waals surface area contributed by atoms with Gasteiger partial charge in [0.05, 0.1) is 13.2 Å². The van der Waals surface area contributed by atoms with Crippen LogP contribution in [0.2, 0.25) is 0 Å². The summed E-state index contributed by atoms with van der Waals surface area (Å²) in [7, 11) is 0. The molecule has 1 N–H and O–H groups in total. The number of fused-ring (bicyclic) bond motifs is 1. The van der Waals surface area contributed by atoms with E-state index in [2.05, 4.69) is 12.2 Å². The summed E-state index contributed by atoms with van der Waals surface area (Å²) in [6.45, 7) is 5.99. The van der Waals surface area contributed by atoms with Crippen LogP contribution in [-0.2, 0) is 5.54 Å². The fraction of sp³-hybridized carbons (Fsp3) is 0.625. The molecule has 0 radical (unpaired) electrons. The van der Waals surface area contributed by atoms with Crippen LogP contribution in [0.1, 0.15) is 50.4 Å². The van der Waals surface area contributed by atoms with Crippen molar-refractivity contribution < 1.29 is 13.9 Å². The van der Waals surface area contributed by atoms with E-state index in [0.717, 1.165) is 37.1 Å². The Bertz CT molecular complexity index is 495. The molecule has 0 spiro atoms. The molecule has 0 bridgehead atoms. The third-order valence-electron chi connectivity index (χ3n) is 4.31. The Morgan fingerprint density at radius 1 is 1.20 bits per heavy atom. The van der Waals surface area contributed by atoms with Crippen LogP contribution in [0.3, 0.4) is 0 Å². The van der Waals surface area contributed by atoms with Crippen molar-refractivity contribution in [2.75, 3.05) is 19.8 Å². The van der Waals surface area contributed by atoms with Gasteiger partial charge in [0.15, 0.2) is 11.5 Å². The van der Waals surface area contributed by atoms with Crippen molar-refractivity contribution in [1.29, 1.82) is 0 Å². The molecule has 2 aliphatic heterocycles. The number of nitrogens with one attached hydrogen (secondary N) is 1. The van der Waals surface area contributed by atoms with Crippen LogP contribution in [0, 0.1) is 0 Å². The quantitative estimate of drug-likeness (QED) is 0.899. The van der Waals surface area contributed by atoms with Gasteiger partial charge in [0.25, 0.3) is 0 Å². The molecule has 2 aliphatic rings. The van der Waals surface area contributed by atoms with Gasteiger partial charge < -0.3 is 14.8 Å². The van der Waals surface area contributed by atoms with Crippen molar-refractivity contribution in [3.63, 3.8) is 0 Å². The van der Waals surface area contributed by atoms with E-state index in [1.54, 1.807) is 6.92 Å². The molecule has 1 aromatic rings. The van der Waals surface area contributed by atoms with E-state index in [1.165, 1.54) is 0 Å². The Balaban J connectivity index is 2.09. The van der Waals surface area contributed by atoms with Crippen molar-refractivity contribution in [3.05, 3.63) is 23.3 Å². The van der Waals surface area contributed by atoms with E-state index in [4.69, 9.17) is 9.47 Å². The van der Waals surface area contributed by atoms with Crippen molar-refractivity contribution >= 4 is 0 Å². The first-order valence-corrected chi connectivity index (χ1v) is 7.43. The number of rotatable bonds is 2. The number of hydrogen-bond donors (Lipinski definition) is 1. The lowest BCUT2D eigenvalue weighted by Gasteiger charge is -2.29. The van der Waals surface area contributed by atoms with Gasteiger partial charge in [-0.3, -0.25) is 0 Å². The third kappa shape index (κ3) is 2.37. The fourth-order valence-corrected chi connectivity index (χ4v) is 3.16. The largest absolute Gasteiger partial charge is 0.490 e. The van der Waals surface area contributed by atoms with Gasteiger partial charge in [-0.05, 0) is 56.5 Å². The Morgan fingerprint density at radius 3 is 2.50 bits per heavy atom. The summed E-state index contributed by atoms with van der Waals surface area (Å²) in [4.78, 5) is 0. The first-order chi connectivity index (χ1) is 9.60. The van der Waals surface area contributed by atoms with Crippen molar-refractivity contribution in [2.24, 2.45) is 0 Å². The van der Waals surface area contributed by atoms with Crippen LogP contribution < -0.4 is 14.8 Å². The third-order valence-corrected chi connectivity index (χ3v) is 4.31. The second-order valence-corrected chi connectivity index (χ2v) is 5.92. The molecule has 2 unspecified atom stereocenters. The van der Waals surface area contributed by atoms with E-state index in [-0.39, 0.29) is 5.54 Å². The highest BCUT2D eigenvalue weighted by atomic mass is 19.1. The lowest BCUT2D eigenvalue weighted by molar-refractivity contribution is 0.296. The molecule has 20 heavy (non-hydrogen) atoms. The van der Waals surface area contributed by atoms with Crippen LogP contribution in [0.5, 0.6) is 11.5 Å². The SMILES string of the molecule is CC(F)c1cc2c(cc1C1(C)CCCN1)OCCCO2. The van der Waals surface area contributed by atoms with Crippen molar-refractivity contribution in [2.45, 2.75) is 44.8 Å². The first-order valence-electron chi connectivity index (χ1n) is 7.43. The number of alkyl halides is 1. The maximum Gasteiger partial charge on any atom is 0.161 e. The second kappa shape index (κ2) is 5.24. The molecule has 110 valence electrons. The highest BCUT2D eigenvalue weighted by Gasteiger charge is 2.34. The van der Waals surface area contributed by atoms with Gasteiger partial charge in [0.1, 0.15) is 6.17 Å². The molecule has 1 fully saturated rings. The van der Waals surface area contributed by atoms with E-state index >= 15 is 0 Å². The molecular formula is C16H22FNO2. The van der Waals surface area contributed by atoms with Gasteiger partial charge in [-0.1, -0.05) is 0 Å². The number of halogens is 1. The maximum absolute atomic E-state index is 14.1. The average Bonchev–Trinajstić information content (AvgIpc) is 2.74. The summed E-state index contributed by atoms with van der Waals surface area (Å²) in [5, 5.41) is 3.50. The molecule has 3 nitrogen and oxygen atoms in total. The van der Waals surface area contributed by atoms with Gasteiger partial charge in [0, 0.05) is 12.0 Å². The Labute approximate surface area is 119 Å². The van der Waals surface area contributed by atoms with Crippen LogP contribution >= 0.6 is 0 Å². The zero-order chi connectivity index (χ0) is 14.2. The molecule has 0 aliphatic carbocycles. The predicted molar refractivity (Wildman–Crippen MR) is 76.2 cm³/mol. The highest BCUT2D eigenvalue weighted by molar-refractivity contribution is 5.51. The molecule has 0 aromatic heterocycles. The summed E-state index contributed by atoms with van der Waals surface area (Å²) in [6, 6.07) is 3.80. The predicted octanol–water partition coefficient (Wildman–Crippen LogP) is 3.48. The highest BCUT2D eigenvalue weighted by Crippen LogP contribution is 2.42. The summed E-state index contributed by atoms with van der Waals surface area (Å²) < 4.78 is 25.5. The van der Waals surface area contributed by atoms with Crippen LogP contribution in [0.25, 0.3) is 0 Å². The monoisotopic (exact) mass is 279 g/mol. The molecule has 2 atom stereocenters. The van der Waals surface area contributed by atoms with Crippen LogP contribution in [0.4, 0.5) is 4.39 Å². The zero-order valence-corrected chi connectivity index (χ0v) is 12.2. The lowest BCUT2D eigenvalue weighted by atomic mass is 9.85. The Morgan fingerprint density at radius 2 is 1.90 bits per heavy atom. The molecule has 3 rings (SSSR count). The topological polar surface area (TPSA) is 30.5 Å². The van der Waals surface area contributed by atoms with Gasteiger partial charge >= 0.3 is 0 Å². The standard InChI is InChI=1S/C16H22FNO2/c1-11(17)12-9-14-15(20-8-4-7-19-14)10-13(12)16(2)5-3-6-18-16/h9-11,18H,3-8H2,1-2H3. The minimum atomic E-state index is -1.01. The van der Waals surface area contributed by atoms with Gasteiger partial charge in [0.2, 0.25) is 0 Å². The molecule has 1 saturated heterocycles. The summed E-state index contributed by atoms with van der Waals surface area (Å²) >= 11 is 0. The smallest absolute Gasteiger partial charge is 0.161 e. The molecule has 1 aromatic carbocycles. The second-order valence-electron chi connectivity index (χ2n) is 5.92. The molecular weight excluding hydrogens is 257 g/mol. The maximum atomic E-state index is 14.1. The van der Waals surface area contributed by atoms with Crippen molar-refractivity contribution in [1.82, 2.24) is 5.32 Å². The van der Waals surface area contributed by atoms with E-state index in [0.29, 0.717) is 24.5 Å². The van der Waals surface area contributed by atoms with Gasteiger partial charge in [-0.15, -0.1) is 0 Å². The number of benzene rings is 1. The van der Waals surface area contributed by atoms with E-state index < -0.39 is 6.17 Å².